The Morgan fingerprint density at radius 2 is 2.06 bits per heavy atom. The maximum Gasteiger partial charge on any atom is 0.402 e. The zero-order chi connectivity index (χ0) is 13.1. The molecule has 0 saturated heterocycles. The van der Waals surface area contributed by atoms with E-state index in [1.807, 2.05) is 4.72 Å². The lowest BCUT2D eigenvalue weighted by molar-refractivity contribution is -0.120. The van der Waals surface area contributed by atoms with E-state index in [1.165, 1.54) is 6.07 Å². The summed E-state index contributed by atoms with van der Waals surface area (Å²) in [5, 5.41) is 0. The van der Waals surface area contributed by atoms with Crippen LogP contribution in [-0.4, -0.2) is 18.6 Å². The smallest absolute Gasteiger partial charge is 0.366 e. The maximum absolute atomic E-state index is 13.0. The molecule has 0 aliphatic carbocycles. The predicted molar refractivity (Wildman–Crippen MR) is 54.8 cm³/mol. The van der Waals surface area contributed by atoms with Gasteiger partial charge in [-0.1, -0.05) is 0 Å². The minimum Gasteiger partial charge on any atom is -0.366 e. The number of alkyl halides is 3. The number of hydrogen-bond acceptors (Lipinski definition) is 3. The molecule has 0 heterocycles. The van der Waals surface area contributed by atoms with E-state index in [0.717, 1.165) is 12.1 Å². The van der Waals surface area contributed by atoms with E-state index >= 15 is 0 Å². The van der Waals surface area contributed by atoms with E-state index in [1.54, 1.807) is 0 Å². The molecule has 0 aromatic heterocycles. The second kappa shape index (κ2) is 5.37. The monoisotopic (exact) mass is 268 g/mol. The average Bonchev–Trinajstić information content (AvgIpc) is 2.18. The van der Waals surface area contributed by atoms with Gasteiger partial charge in [-0.05, 0) is 30.1 Å². The Kier molecular flexibility index (Phi) is 4.35. The van der Waals surface area contributed by atoms with Crippen LogP contribution < -0.4 is 10.5 Å². The van der Waals surface area contributed by atoms with Crippen molar-refractivity contribution in [2.75, 3.05) is 6.54 Å². The van der Waals surface area contributed by atoms with Crippen LogP contribution in [0.25, 0.3) is 0 Å². The first-order valence-corrected chi connectivity index (χ1v) is 5.17. The molecule has 1 aromatic carbocycles. The topological polar surface area (TPSA) is 55.1 Å². The van der Waals surface area contributed by atoms with Gasteiger partial charge in [0.2, 0.25) is 0 Å². The lowest BCUT2D eigenvalue weighted by Gasteiger charge is -2.08. The molecule has 8 heteroatoms. The van der Waals surface area contributed by atoms with Crippen LogP contribution in [0.2, 0.25) is 0 Å². The summed E-state index contributed by atoms with van der Waals surface area (Å²) in [7, 11) is 0. The molecular formula is C9H8F4N2OS. The van der Waals surface area contributed by atoms with Crippen molar-refractivity contribution in [2.45, 2.75) is 11.1 Å². The first-order chi connectivity index (χ1) is 7.79. The van der Waals surface area contributed by atoms with Gasteiger partial charge in [0.1, 0.15) is 12.4 Å². The number of primary amides is 1. The summed E-state index contributed by atoms with van der Waals surface area (Å²) in [6.45, 7) is -1.19. The zero-order valence-corrected chi connectivity index (χ0v) is 9.16. The van der Waals surface area contributed by atoms with E-state index in [2.05, 4.69) is 0 Å². The molecule has 0 bridgehead atoms. The normalized spacial score (nSPS) is 11.5. The van der Waals surface area contributed by atoms with Crippen LogP contribution in [0.5, 0.6) is 0 Å². The Morgan fingerprint density at radius 1 is 1.41 bits per heavy atom. The quantitative estimate of drug-likeness (QED) is 0.649. The lowest BCUT2D eigenvalue weighted by Crippen LogP contribution is -2.23. The van der Waals surface area contributed by atoms with Crippen molar-refractivity contribution >= 4 is 17.9 Å². The van der Waals surface area contributed by atoms with E-state index in [-0.39, 0.29) is 10.5 Å². The first kappa shape index (κ1) is 13.8. The highest BCUT2D eigenvalue weighted by Gasteiger charge is 2.26. The first-order valence-electron chi connectivity index (χ1n) is 4.35. The predicted octanol–water partition coefficient (Wildman–Crippen LogP) is 2.08. The molecule has 17 heavy (non-hydrogen) atoms. The number of nitrogens with one attached hydrogen (secondary N) is 1. The summed E-state index contributed by atoms with van der Waals surface area (Å²) in [6, 6.07) is 3.30. The van der Waals surface area contributed by atoms with E-state index in [4.69, 9.17) is 5.73 Å². The molecule has 94 valence electrons. The van der Waals surface area contributed by atoms with Gasteiger partial charge in [-0.15, -0.1) is 0 Å². The van der Waals surface area contributed by atoms with Crippen molar-refractivity contribution in [2.24, 2.45) is 5.73 Å². The zero-order valence-electron chi connectivity index (χ0n) is 8.34. The Labute approximate surface area is 98.5 Å². The van der Waals surface area contributed by atoms with Crippen LogP contribution in [0.3, 0.4) is 0 Å². The Bertz CT molecular complexity index is 422. The van der Waals surface area contributed by atoms with Crippen molar-refractivity contribution < 1.29 is 22.4 Å². The van der Waals surface area contributed by atoms with Crippen LogP contribution in [-0.2, 0) is 0 Å². The Balaban J connectivity index is 2.67. The fourth-order valence-electron chi connectivity index (χ4n) is 0.958. The van der Waals surface area contributed by atoms with Gasteiger partial charge in [0.15, 0.2) is 0 Å². The van der Waals surface area contributed by atoms with Crippen molar-refractivity contribution in [1.82, 2.24) is 4.72 Å². The molecule has 0 saturated carbocycles. The third-order valence-electron chi connectivity index (χ3n) is 1.67. The van der Waals surface area contributed by atoms with Gasteiger partial charge in [0, 0.05) is 4.90 Å². The molecule has 1 rings (SSSR count). The van der Waals surface area contributed by atoms with Crippen molar-refractivity contribution in [1.29, 1.82) is 0 Å². The van der Waals surface area contributed by atoms with Gasteiger partial charge < -0.3 is 5.73 Å². The third kappa shape index (κ3) is 4.61. The molecule has 0 spiro atoms. The largest absolute Gasteiger partial charge is 0.402 e. The van der Waals surface area contributed by atoms with E-state index < -0.39 is 24.4 Å². The van der Waals surface area contributed by atoms with Crippen molar-refractivity contribution in [3.8, 4) is 0 Å². The molecule has 3 nitrogen and oxygen atoms in total. The number of amides is 1. The third-order valence-corrected chi connectivity index (χ3v) is 2.44. The molecule has 0 atom stereocenters. The fraction of sp³-hybridized carbons (Fsp3) is 0.222. The van der Waals surface area contributed by atoms with E-state index in [9.17, 15) is 22.4 Å². The lowest BCUT2D eigenvalue weighted by atomic mass is 10.2. The van der Waals surface area contributed by atoms with Crippen LogP contribution in [0, 0.1) is 5.82 Å². The molecule has 0 aliphatic heterocycles. The number of rotatable bonds is 4. The second-order valence-electron chi connectivity index (χ2n) is 3.04. The maximum atomic E-state index is 13.0. The molecule has 0 radical (unpaired) electrons. The van der Waals surface area contributed by atoms with Gasteiger partial charge in [-0.25, -0.2) is 4.39 Å². The van der Waals surface area contributed by atoms with Crippen molar-refractivity contribution in [3.63, 3.8) is 0 Å². The molecule has 3 N–H and O–H groups in total. The Morgan fingerprint density at radius 3 is 2.59 bits per heavy atom. The number of carbonyl (C=O) groups is 1. The van der Waals surface area contributed by atoms with Gasteiger partial charge in [0.25, 0.3) is 5.91 Å². The summed E-state index contributed by atoms with van der Waals surface area (Å²) < 4.78 is 50.5. The number of halogens is 4. The van der Waals surface area contributed by atoms with Gasteiger partial charge in [-0.2, -0.15) is 13.2 Å². The standard InChI is InChI=1S/C9H8F4N2OS/c10-7-2-1-5(3-6(7)8(14)16)17-15-4-9(11,12)13/h1-3,15H,4H2,(H2,14,16). The van der Waals surface area contributed by atoms with Crippen molar-refractivity contribution in [3.05, 3.63) is 29.6 Å². The molecule has 0 unspecified atom stereocenters. The van der Waals surface area contributed by atoms with Crippen LogP contribution in [0.1, 0.15) is 10.4 Å². The van der Waals surface area contributed by atoms with Gasteiger partial charge in [-0.3, -0.25) is 9.52 Å². The van der Waals surface area contributed by atoms with E-state index in [0.29, 0.717) is 11.9 Å². The summed E-state index contributed by atoms with van der Waals surface area (Å²) >= 11 is 0.643. The van der Waals surface area contributed by atoms with Crippen LogP contribution in [0.15, 0.2) is 23.1 Å². The average molecular weight is 268 g/mol. The second-order valence-corrected chi connectivity index (χ2v) is 4.01. The van der Waals surface area contributed by atoms with Crippen LogP contribution >= 0.6 is 11.9 Å². The Hall–Kier alpha value is -1.28. The molecule has 1 aromatic rings. The molecule has 1 amide bonds. The highest BCUT2D eigenvalue weighted by molar-refractivity contribution is 7.97. The summed E-state index contributed by atoms with van der Waals surface area (Å²) in [6.07, 6.45) is -4.33. The number of carbonyl (C=O) groups excluding carboxylic acids is 1. The molecular weight excluding hydrogens is 260 g/mol. The number of hydrogen-bond donors (Lipinski definition) is 2. The summed E-state index contributed by atoms with van der Waals surface area (Å²) in [4.78, 5) is 11.0. The highest BCUT2D eigenvalue weighted by atomic mass is 32.2. The molecule has 0 aliphatic rings. The SMILES string of the molecule is NC(=O)c1cc(SNCC(F)(F)F)ccc1F. The van der Waals surface area contributed by atoms with Crippen LogP contribution in [0.4, 0.5) is 17.6 Å². The van der Waals surface area contributed by atoms with Gasteiger partial charge >= 0.3 is 6.18 Å². The molecule has 0 fully saturated rings. The van der Waals surface area contributed by atoms with Gasteiger partial charge in [0.05, 0.1) is 5.56 Å². The fourth-order valence-corrected chi connectivity index (χ4v) is 1.67. The number of nitrogens with two attached hydrogens (primary N) is 1. The highest BCUT2D eigenvalue weighted by Crippen LogP contribution is 2.20. The minimum atomic E-state index is -4.33. The number of benzene rings is 1. The summed E-state index contributed by atoms with van der Waals surface area (Å²) in [5.74, 6) is -1.78. The summed E-state index contributed by atoms with van der Waals surface area (Å²) in [5.41, 5.74) is 4.54. The minimum absolute atomic E-state index is 0.268.